The van der Waals surface area contributed by atoms with Crippen LogP contribution in [-0.2, 0) is 43.6 Å². The molecule has 0 aliphatic heterocycles. The van der Waals surface area contributed by atoms with Gasteiger partial charge in [0.15, 0.2) is 0 Å². The lowest BCUT2D eigenvalue weighted by Crippen LogP contribution is -2.46. The summed E-state index contributed by atoms with van der Waals surface area (Å²) in [5, 5.41) is 5.06. The van der Waals surface area contributed by atoms with Crippen LogP contribution in [0.3, 0.4) is 0 Å². The lowest BCUT2D eigenvalue weighted by atomic mass is 10.1. The van der Waals surface area contributed by atoms with Gasteiger partial charge in [0, 0.05) is 25.3 Å². The Kier molecular flexibility index (Phi) is 14.0. The second-order valence-corrected chi connectivity index (χ2v) is 10.0. The minimum Gasteiger partial charge on any atom is -0.468 e. The molecule has 1 unspecified atom stereocenters. The highest BCUT2D eigenvalue weighted by Gasteiger charge is 2.21. The van der Waals surface area contributed by atoms with E-state index in [0.29, 0.717) is 25.8 Å². The van der Waals surface area contributed by atoms with Gasteiger partial charge in [-0.1, -0.05) is 67.1 Å². The number of unbranched alkanes of at least 4 members (excludes halogenated alkanes) is 1. The van der Waals surface area contributed by atoms with E-state index in [1.165, 1.54) is 24.3 Å². The minimum absolute atomic E-state index is 0.0373. The molecule has 0 saturated carbocycles. The predicted octanol–water partition coefficient (Wildman–Crippen LogP) is 2.42. The van der Waals surface area contributed by atoms with Crippen molar-refractivity contribution < 1.29 is 33.4 Å². The second kappa shape index (κ2) is 18.4. The van der Waals surface area contributed by atoms with Crippen LogP contribution in [0.15, 0.2) is 77.7 Å². The molecule has 3 aromatic rings. The Bertz CT molecular complexity index is 1450. The lowest BCUT2D eigenvalue weighted by molar-refractivity contribution is -0.147. The van der Waals surface area contributed by atoms with Gasteiger partial charge in [-0.15, -0.1) is 0 Å². The van der Waals surface area contributed by atoms with Crippen LogP contribution in [0.2, 0.25) is 0 Å². The van der Waals surface area contributed by atoms with Crippen LogP contribution in [0.1, 0.15) is 30.4 Å². The van der Waals surface area contributed by atoms with Gasteiger partial charge >= 0.3 is 23.8 Å². The third kappa shape index (κ3) is 12.9. The van der Waals surface area contributed by atoms with E-state index in [9.17, 15) is 24.0 Å². The van der Waals surface area contributed by atoms with Crippen LogP contribution in [0.25, 0.3) is 0 Å². The second-order valence-electron chi connectivity index (χ2n) is 10.0. The van der Waals surface area contributed by atoms with Crippen LogP contribution in [0.5, 0.6) is 0 Å². The normalized spacial score (nSPS) is 11.2. The number of carbonyl (C=O) groups is 4. The maximum absolute atomic E-state index is 13.1. The van der Waals surface area contributed by atoms with Gasteiger partial charge in [-0.2, -0.15) is 4.98 Å². The molecular weight excluding hydrogens is 584 g/mol. The van der Waals surface area contributed by atoms with Crippen molar-refractivity contribution >= 4 is 29.9 Å². The number of benzene rings is 2. The van der Waals surface area contributed by atoms with E-state index in [1.807, 2.05) is 48.5 Å². The summed E-state index contributed by atoms with van der Waals surface area (Å²) in [5.74, 6) is -1.24. The number of alkyl carbamates (subject to hydrolysis) is 1. The third-order valence-corrected chi connectivity index (χ3v) is 6.46. The molecule has 0 saturated heterocycles. The number of methoxy groups -OCH3 is 1. The van der Waals surface area contributed by atoms with E-state index in [-0.39, 0.29) is 32.1 Å². The van der Waals surface area contributed by atoms with Crippen molar-refractivity contribution in [2.45, 2.75) is 45.1 Å². The van der Waals surface area contributed by atoms with Gasteiger partial charge in [-0.3, -0.25) is 19.5 Å². The zero-order chi connectivity index (χ0) is 32.4. The van der Waals surface area contributed by atoms with Gasteiger partial charge < -0.3 is 30.2 Å². The number of hydrogen-bond acceptors (Lipinski definition) is 10. The van der Waals surface area contributed by atoms with Gasteiger partial charge in [0.2, 0.25) is 5.91 Å². The van der Waals surface area contributed by atoms with Gasteiger partial charge in [0.25, 0.3) is 0 Å². The van der Waals surface area contributed by atoms with Crippen molar-refractivity contribution in [3.05, 3.63) is 94.5 Å². The van der Waals surface area contributed by atoms with Gasteiger partial charge in [-0.25, -0.2) is 14.4 Å². The molecule has 0 bridgehead atoms. The number of esters is 1. The number of hydrogen-bond donors (Lipinski definition) is 3. The Balaban J connectivity index is 1.43. The first-order chi connectivity index (χ1) is 21.7. The number of carbonyl (C=O) groups excluding carboxylic acids is 4. The molecular formula is C31H38N6O8. The van der Waals surface area contributed by atoms with Crippen molar-refractivity contribution in [2.75, 3.05) is 32.1 Å². The van der Waals surface area contributed by atoms with Crippen molar-refractivity contribution in [2.24, 2.45) is 5.73 Å². The third-order valence-electron chi connectivity index (χ3n) is 6.46. The Morgan fingerprint density at radius 2 is 1.53 bits per heavy atom. The Morgan fingerprint density at radius 1 is 0.911 bits per heavy atom. The van der Waals surface area contributed by atoms with Crippen molar-refractivity contribution in [1.29, 1.82) is 0 Å². The molecule has 240 valence electrons. The molecule has 45 heavy (non-hydrogen) atoms. The fraction of sp³-hybridized carbons (Fsp3) is 0.355. The maximum atomic E-state index is 13.1. The van der Waals surface area contributed by atoms with E-state index >= 15 is 0 Å². The van der Waals surface area contributed by atoms with Gasteiger partial charge in [0.1, 0.15) is 32.1 Å². The Morgan fingerprint density at radius 3 is 2.13 bits per heavy atom. The van der Waals surface area contributed by atoms with Crippen LogP contribution in [-0.4, -0.2) is 71.3 Å². The molecule has 1 heterocycles. The smallest absolute Gasteiger partial charge is 0.413 e. The molecule has 4 N–H and O–H groups in total. The standard InChI is InChI=1S/C31H38N6O8/c1-43-28(39)20-37(18-25(32)14-8-9-16-33-30(41)44-21-23-10-4-2-5-11-23)27(38)19-36-17-15-26(34-29(36)40)35-31(42)45-22-24-12-6-3-7-13-24/h2-7,10-13,15,17,25H,8-9,14,16,18-22,32H2,1H3,(H,33,41)(H,34,35,40,42). The highest BCUT2D eigenvalue weighted by Crippen LogP contribution is 2.06. The summed E-state index contributed by atoms with van der Waals surface area (Å²) in [6.07, 6.45) is 1.76. The summed E-state index contributed by atoms with van der Waals surface area (Å²) in [6, 6.07) is 19.3. The summed E-state index contributed by atoms with van der Waals surface area (Å²) < 4.78 is 16.0. The SMILES string of the molecule is COC(=O)CN(CC(N)CCCCNC(=O)OCc1ccccc1)C(=O)Cn1ccc(NC(=O)OCc2ccccc2)nc1=O. The number of rotatable bonds is 16. The number of amides is 3. The van der Waals surface area contributed by atoms with E-state index in [0.717, 1.165) is 15.7 Å². The first-order valence-electron chi connectivity index (χ1n) is 14.3. The number of nitrogens with two attached hydrogens (primary N) is 1. The molecule has 0 fully saturated rings. The van der Waals surface area contributed by atoms with E-state index in [2.05, 4.69) is 15.6 Å². The number of nitrogens with one attached hydrogen (secondary N) is 2. The Labute approximate surface area is 260 Å². The molecule has 0 spiro atoms. The van der Waals surface area contributed by atoms with Crippen molar-refractivity contribution in [1.82, 2.24) is 19.8 Å². The molecule has 3 rings (SSSR count). The fourth-order valence-corrected chi connectivity index (χ4v) is 4.07. The molecule has 2 aromatic carbocycles. The summed E-state index contributed by atoms with van der Waals surface area (Å²) in [4.78, 5) is 66.6. The van der Waals surface area contributed by atoms with E-state index in [1.54, 1.807) is 12.1 Å². The zero-order valence-electron chi connectivity index (χ0n) is 25.1. The number of aromatic nitrogens is 2. The van der Waals surface area contributed by atoms with Gasteiger partial charge in [-0.05, 0) is 30.0 Å². The maximum Gasteiger partial charge on any atom is 0.413 e. The quantitative estimate of drug-likeness (QED) is 0.122. The van der Waals surface area contributed by atoms with Gasteiger partial charge in [0.05, 0.1) is 7.11 Å². The largest absolute Gasteiger partial charge is 0.468 e. The highest BCUT2D eigenvalue weighted by molar-refractivity contribution is 5.83. The molecule has 0 radical (unpaired) electrons. The average molecular weight is 623 g/mol. The minimum atomic E-state index is -0.795. The fourth-order valence-electron chi connectivity index (χ4n) is 4.07. The van der Waals surface area contributed by atoms with Crippen LogP contribution < -0.4 is 22.1 Å². The monoisotopic (exact) mass is 622 g/mol. The molecule has 0 aliphatic carbocycles. The predicted molar refractivity (Wildman–Crippen MR) is 164 cm³/mol. The number of nitrogens with zero attached hydrogens (tertiary/aromatic N) is 3. The Hall–Kier alpha value is -5.24. The van der Waals surface area contributed by atoms with E-state index < -0.39 is 42.3 Å². The highest BCUT2D eigenvalue weighted by atomic mass is 16.6. The molecule has 3 amide bonds. The van der Waals surface area contributed by atoms with Crippen LogP contribution >= 0.6 is 0 Å². The molecule has 14 heteroatoms. The van der Waals surface area contributed by atoms with E-state index in [4.69, 9.17) is 19.9 Å². The topological polar surface area (TPSA) is 184 Å². The van der Waals surface area contributed by atoms with Crippen LogP contribution in [0, 0.1) is 0 Å². The zero-order valence-corrected chi connectivity index (χ0v) is 25.1. The first-order valence-corrected chi connectivity index (χ1v) is 14.3. The summed E-state index contributed by atoms with van der Waals surface area (Å²) >= 11 is 0. The summed E-state index contributed by atoms with van der Waals surface area (Å²) in [5.41, 5.74) is 7.13. The summed E-state index contributed by atoms with van der Waals surface area (Å²) in [6.45, 7) is -0.131. The van der Waals surface area contributed by atoms with Crippen molar-refractivity contribution in [3.63, 3.8) is 0 Å². The summed E-state index contributed by atoms with van der Waals surface area (Å²) in [7, 11) is 1.20. The average Bonchev–Trinajstić information content (AvgIpc) is 3.04. The first kappa shape index (κ1) is 34.3. The number of ether oxygens (including phenoxy) is 3. The lowest BCUT2D eigenvalue weighted by Gasteiger charge is -2.25. The van der Waals surface area contributed by atoms with Crippen molar-refractivity contribution in [3.8, 4) is 0 Å². The molecule has 1 atom stereocenters. The van der Waals surface area contributed by atoms with Crippen LogP contribution in [0.4, 0.5) is 15.4 Å². The molecule has 0 aliphatic rings. The number of anilines is 1. The molecule has 14 nitrogen and oxygen atoms in total. The molecule has 1 aromatic heterocycles.